The van der Waals surface area contributed by atoms with E-state index in [0.29, 0.717) is 18.7 Å². The molecule has 2 nitrogen and oxygen atoms in total. The van der Waals surface area contributed by atoms with Crippen LogP contribution in [0, 0.1) is 6.92 Å². The Hall–Kier alpha value is -1.15. The summed E-state index contributed by atoms with van der Waals surface area (Å²) in [5.41, 5.74) is 5.10. The predicted octanol–water partition coefficient (Wildman–Crippen LogP) is 2.39. The molecule has 84 valence electrons. The van der Waals surface area contributed by atoms with Crippen molar-refractivity contribution in [2.75, 3.05) is 13.1 Å². The maximum atomic E-state index is 7.77. The van der Waals surface area contributed by atoms with E-state index in [9.17, 15) is 0 Å². The summed E-state index contributed by atoms with van der Waals surface area (Å²) in [6.45, 7) is 5.12. The second kappa shape index (κ2) is 4.02. The Bertz CT molecular complexity index is 473. The Labute approximate surface area is 98.2 Å². The van der Waals surface area contributed by atoms with Crippen molar-refractivity contribution in [2.24, 2.45) is 4.99 Å². The van der Waals surface area contributed by atoms with Crippen molar-refractivity contribution in [3.63, 3.8) is 0 Å². The quantitative estimate of drug-likeness (QED) is 0.764. The van der Waals surface area contributed by atoms with Gasteiger partial charge in [0.2, 0.25) is 0 Å². The summed E-state index contributed by atoms with van der Waals surface area (Å²) < 4.78 is 7.77. The van der Waals surface area contributed by atoms with Gasteiger partial charge in [-0.2, -0.15) is 0 Å². The summed E-state index contributed by atoms with van der Waals surface area (Å²) >= 11 is 0. The zero-order valence-corrected chi connectivity index (χ0v) is 9.71. The van der Waals surface area contributed by atoms with E-state index in [4.69, 9.17) is 1.37 Å². The van der Waals surface area contributed by atoms with Gasteiger partial charge in [-0.25, -0.2) is 0 Å². The van der Waals surface area contributed by atoms with E-state index in [1.54, 1.807) is 0 Å². The lowest BCUT2D eigenvalue weighted by atomic mass is 9.85. The molecule has 0 atom stereocenters. The van der Waals surface area contributed by atoms with E-state index in [1.807, 2.05) is 0 Å². The molecule has 0 amide bonds. The SMILES string of the molecule is [2H]C1=NCc2cc(C3CCNCC3)c(C)cc21. The van der Waals surface area contributed by atoms with Gasteiger partial charge < -0.3 is 5.32 Å². The first-order chi connectivity index (χ1) is 8.25. The molecule has 1 N–H and O–H groups in total. The summed E-state index contributed by atoms with van der Waals surface area (Å²) in [7, 11) is 0. The van der Waals surface area contributed by atoms with Crippen LogP contribution in [0.2, 0.25) is 0 Å². The normalized spacial score (nSPS) is 21.6. The highest BCUT2D eigenvalue weighted by Crippen LogP contribution is 2.31. The fourth-order valence-corrected chi connectivity index (χ4v) is 2.79. The molecule has 1 fully saturated rings. The monoisotopic (exact) mass is 215 g/mol. The molecule has 2 heterocycles. The lowest BCUT2D eigenvalue weighted by Crippen LogP contribution is -2.27. The third-order valence-corrected chi connectivity index (χ3v) is 3.72. The molecule has 0 aromatic heterocycles. The van der Waals surface area contributed by atoms with Crippen molar-refractivity contribution in [2.45, 2.75) is 32.2 Å². The Morgan fingerprint density at radius 3 is 3.00 bits per heavy atom. The minimum absolute atomic E-state index is 0.458. The number of aryl methyl sites for hydroxylation is 1. The van der Waals surface area contributed by atoms with Crippen LogP contribution in [0.4, 0.5) is 0 Å². The average molecular weight is 215 g/mol. The van der Waals surface area contributed by atoms with Gasteiger partial charge in [0.05, 0.1) is 7.92 Å². The zero-order valence-electron chi connectivity index (χ0n) is 10.7. The van der Waals surface area contributed by atoms with Gasteiger partial charge in [-0.05, 0) is 67.1 Å². The van der Waals surface area contributed by atoms with Crippen molar-refractivity contribution in [1.82, 2.24) is 5.32 Å². The summed E-state index contributed by atoms with van der Waals surface area (Å²) in [4.78, 5) is 4.20. The summed E-state index contributed by atoms with van der Waals surface area (Å²) in [6.07, 6.45) is 2.92. The van der Waals surface area contributed by atoms with Crippen molar-refractivity contribution >= 4 is 6.19 Å². The smallest absolute Gasteiger partial charge is 0.0842 e. The van der Waals surface area contributed by atoms with E-state index in [2.05, 4.69) is 29.4 Å². The predicted molar refractivity (Wildman–Crippen MR) is 67.3 cm³/mol. The number of rotatable bonds is 1. The standard InChI is InChI=1S/C14H18N2/c1-10-6-12-8-16-9-13(12)7-14(10)11-2-4-15-5-3-11/h6-8,11,15H,2-5,9H2,1H3/i8D. The molecular formula is C14H18N2. The molecule has 2 heteroatoms. The van der Waals surface area contributed by atoms with Crippen LogP contribution in [0.3, 0.4) is 0 Å². The van der Waals surface area contributed by atoms with Gasteiger partial charge in [0.25, 0.3) is 0 Å². The Kier molecular flexibility index (Phi) is 2.25. The number of aliphatic imine (C=N–C) groups is 1. The third-order valence-electron chi connectivity index (χ3n) is 3.72. The number of nitrogens with zero attached hydrogens (tertiary/aromatic N) is 1. The Morgan fingerprint density at radius 1 is 1.38 bits per heavy atom. The minimum Gasteiger partial charge on any atom is -0.317 e. The topological polar surface area (TPSA) is 24.4 Å². The van der Waals surface area contributed by atoms with Crippen molar-refractivity contribution in [3.8, 4) is 0 Å². The lowest BCUT2D eigenvalue weighted by molar-refractivity contribution is 0.459. The highest BCUT2D eigenvalue weighted by molar-refractivity contribution is 5.85. The number of benzene rings is 1. The van der Waals surface area contributed by atoms with Crippen LogP contribution < -0.4 is 5.32 Å². The number of fused-ring (bicyclic) bond motifs is 1. The number of hydrogen-bond acceptors (Lipinski definition) is 2. The fourth-order valence-electron chi connectivity index (χ4n) is 2.79. The highest BCUT2D eigenvalue weighted by Gasteiger charge is 2.19. The van der Waals surface area contributed by atoms with Gasteiger partial charge in [-0.3, -0.25) is 4.99 Å². The molecular weight excluding hydrogens is 196 g/mol. The van der Waals surface area contributed by atoms with Gasteiger partial charge in [0, 0.05) is 6.19 Å². The third kappa shape index (κ3) is 1.67. The molecule has 1 aromatic rings. The molecule has 2 aliphatic heterocycles. The van der Waals surface area contributed by atoms with Crippen LogP contribution in [0.1, 0.15) is 42.4 Å². The van der Waals surface area contributed by atoms with E-state index in [0.717, 1.165) is 18.7 Å². The van der Waals surface area contributed by atoms with Crippen LogP contribution in [0.5, 0.6) is 0 Å². The van der Waals surface area contributed by atoms with E-state index >= 15 is 0 Å². The van der Waals surface area contributed by atoms with Gasteiger partial charge in [-0.15, -0.1) is 0 Å². The zero-order chi connectivity index (χ0) is 11.8. The van der Waals surface area contributed by atoms with E-state index in [1.165, 1.54) is 29.5 Å². The minimum atomic E-state index is 0.458. The van der Waals surface area contributed by atoms with Crippen molar-refractivity contribution in [3.05, 3.63) is 34.4 Å². The highest BCUT2D eigenvalue weighted by atomic mass is 14.9. The number of nitrogens with one attached hydrogen (secondary N) is 1. The first kappa shape index (κ1) is 8.94. The molecule has 0 radical (unpaired) electrons. The number of piperidine rings is 1. The van der Waals surface area contributed by atoms with Gasteiger partial charge >= 0.3 is 0 Å². The van der Waals surface area contributed by atoms with E-state index in [-0.39, 0.29) is 0 Å². The van der Waals surface area contributed by atoms with Crippen LogP contribution in [0.15, 0.2) is 17.1 Å². The molecule has 0 unspecified atom stereocenters. The van der Waals surface area contributed by atoms with Crippen LogP contribution in [0.25, 0.3) is 0 Å². The van der Waals surface area contributed by atoms with E-state index < -0.39 is 0 Å². The molecule has 2 aliphatic rings. The van der Waals surface area contributed by atoms with Gasteiger partial charge in [0.15, 0.2) is 0 Å². The number of hydrogen-bond donors (Lipinski definition) is 1. The molecule has 0 saturated carbocycles. The van der Waals surface area contributed by atoms with Crippen molar-refractivity contribution < 1.29 is 1.37 Å². The molecule has 0 spiro atoms. The molecule has 16 heavy (non-hydrogen) atoms. The van der Waals surface area contributed by atoms with Crippen LogP contribution in [-0.4, -0.2) is 19.3 Å². The molecule has 1 saturated heterocycles. The maximum Gasteiger partial charge on any atom is 0.0842 e. The molecule has 1 aromatic carbocycles. The summed E-state index contributed by atoms with van der Waals surface area (Å²) in [5.74, 6) is 0.691. The first-order valence-corrected chi connectivity index (χ1v) is 6.11. The van der Waals surface area contributed by atoms with Crippen LogP contribution >= 0.6 is 0 Å². The Morgan fingerprint density at radius 2 is 2.19 bits per heavy atom. The maximum absolute atomic E-state index is 7.77. The largest absolute Gasteiger partial charge is 0.317 e. The second-order valence-corrected chi connectivity index (χ2v) is 4.82. The first-order valence-electron chi connectivity index (χ1n) is 6.61. The fraction of sp³-hybridized carbons (Fsp3) is 0.500. The molecule has 0 bridgehead atoms. The summed E-state index contributed by atoms with van der Waals surface area (Å²) in [6, 6.07) is 4.46. The second-order valence-electron chi connectivity index (χ2n) is 4.82. The molecule has 0 aliphatic carbocycles. The lowest BCUT2D eigenvalue weighted by Gasteiger charge is -2.25. The molecule has 3 rings (SSSR count). The van der Waals surface area contributed by atoms with Crippen LogP contribution in [-0.2, 0) is 6.54 Å². The summed E-state index contributed by atoms with van der Waals surface area (Å²) in [5, 5.41) is 3.41. The van der Waals surface area contributed by atoms with Gasteiger partial charge in [-0.1, -0.05) is 6.07 Å². The Balaban J connectivity index is 1.96. The average Bonchev–Trinajstić information content (AvgIpc) is 2.71. The van der Waals surface area contributed by atoms with Crippen molar-refractivity contribution in [1.29, 1.82) is 0 Å². The van der Waals surface area contributed by atoms with Gasteiger partial charge in [0.1, 0.15) is 0 Å².